The Morgan fingerprint density at radius 1 is 1.27 bits per heavy atom. The van der Waals surface area contributed by atoms with Gasteiger partial charge in [0.15, 0.2) is 0 Å². The molecular weight excluding hydrogens is 135 g/mol. The number of rotatable bonds is 1. The van der Waals surface area contributed by atoms with Crippen LogP contribution < -0.4 is 5.46 Å². The van der Waals surface area contributed by atoms with Crippen molar-refractivity contribution in [3.05, 3.63) is 28.8 Å². The van der Waals surface area contributed by atoms with E-state index in [9.17, 15) is 4.79 Å². The number of hydrogen-bond acceptors (Lipinski definition) is 1. The maximum Gasteiger partial charge on any atom is 0.150 e. The molecule has 1 aromatic carbocycles. The Kier molecular flexibility index (Phi) is 2.13. The van der Waals surface area contributed by atoms with Crippen molar-refractivity contribution in [2.75, 3.05) is 0 Å². The zero-order valence-corrected chi connectivity index (χ0v) is 6.72. The van der Waals surface area contributed by atoms with Crippen LogP contribution in [0.1, 0.15) is 21.5 Å². The van der Waals surface area contributed by atoms with Gasteiger partial charge in [0, 0.05) is 5.56 Å². The molecule has 2 radical (unpaired) electrons. The summed E-state index contributed by atoms with van der Waals surface area (Å²) in [4.78, 5) is 10.4. The minimum absolute atomic E-state index is 0.689. The molecule has 0 heterocycles. The Labute approximate surface area is 67.8 Å². The van der Waals surface area contributed by atoms with Gasteiger partial charge >= 0.3 is 0 Å². The lowest BCUT2D eigenvalue weighted by molar-refractivity contribution is 0.112. The second-order valence-corrected chi connectivity index (χ2v) is 2.69. The molecule has 2 heteroatoms. The van der Waals surface area contributed by atoms with Crippen molar-refractivity contribution in [3.8, 4) is 0 Å². The summed E-state index contributed by atoms with van der Waals surface area (Å²) in [6, 6.07) is 3.57. The van der Waals surface area contributed by atoms with Gasteiger partial charge in [-0.1, -0.05) is 16.6 Å². The van der Waals surface area contributed by atoms with E-state index in [2.05, 4.69) is 0 Å². The number of carbonyl (C=O) groups excluding carboxylic acids is 1. The van der Waals surface area contributed by atoms with Crippen molar-refractivity contribution in [3.63, 3.8) is 0 Å². The highest BCUT2D eigenvalue weighted by atomic mass is 16.1. The zero-order valence-electron chi connectivity index (χ0n) is 6.72. The van der Waals surface area contributed by atoms with Gasteiger partial charge in [-0.05, 0) is 26.0 Å². The van der Waals surface area contributed by atoms with E-state index in [0.29, 0.717) is 5.56 Å². The molecule has 0 atom stereocenters. The van der Waals surface area contributed by atoms with Crippen LogP contribution >= 0.6 is 0 Å². The second-order valence-electron chi connectivity index (χ2n) is 2.69. The number of carbonyl (C=O) groups is 1. The third-order valence-corrected chi connectivity index (χ3v) is 1.75. The summed E-state index contributed by atoms with van der Waals surface area (Å²) in [6.07, 6.45) is 0.833. The second kappa shape index (κ2) is 2.91. The summed E-state index contributed by atoms with van der Waals surface area (Å²) in [7, 11) is 5.69. The molecule has 1 aromatic rings. The van der Waals surface area contributed by atoms with Crippen LogP contribution in [0.2, 0.25) is 0 Å². The van der Waals surface area contributed by atoms with Gasteiger partial charge in [-0.2, -0.15) is 0 Å². The molecule has 0 unspecified atom stereocenters. The molecule has 0 amide bonds. The number of aryl methyl sites for hydroxylation is 2. The summed E-state index contributed by atoms with van der Waals surface area (Å²) < 4.78 is 0. The predicted molar refractivity (Wildman–Crippen MR) is 46.7 cm³/mol. The van der Waals surface area contributed by atoms with E-state index in [1.807, 2.05) is 13.8 Å². The predicted octanol–water partition coefficient (Wildman–Crippen LogP) is 0.910. The van der Waals surface area contributed by atoms with Crippen LogP contribution in [0.5, 0.6) is 0 Å². The first-order valence-corrected chi connectivity index (χ1v) is 3.47. The Balaban J connectivity index is 3.31. The van der Waals surface area contributed by atoms with Gasteiger partial charge < -0.3 is 0 Å². The number of aldehydes is 1. The van der Waals surface area contributed by atoms with Crippen molar-refractivity contribution in [2.45, 2.75) is 13.8 Å². The lowest BCUT2D eigenvalue weighted by Gasteiger charge is -2.04. The summed E-state index contributed by atoms with van der Waals surface area (Å²) >= 11 is 0. The Morgan fingerprint density at radius 3 is 2.09 bits per heavy atom. The molecule has 1 nitrogen and oxygen atoms in total. The van der Waals surface area contributed by atoms with Gasteiger partial charge in [0.1, 0.15) is 14.1 Å². The number of hydrogen-bond donors (Lipinski definition) is 0. The summed E-state index contributed by atoms with van der Waals surface area (Å²) in [6.45, 7) is 3.80. The van der Waals surface area contributed by atoms with E-state index < -0.39 is 0 Å². The van der Waals surface area contributed by atoms with Crippen molar-refractivity contribution in [2.24, 2.45) is 0 Å². The van der Waals surface area contributed by atoms with Gasteiger partial charge in [-0.15, -0.1) is 0 Å². The number of benzene rings is 1. The van der Waals surface area contributed by atoms with Crippen molar-refractivity contribution in [1.82, 2.24) is 0 Å². The van der Waals surface area contributed by atoms with Gasteiger partial charge in [0.2, 0.25) is 0 Å². The van der Waals surface area contributed by atoms with Gasteiger partial charge in [0.05, 0.1) is 0 Å². The monoisotopic (exact) mass is 144 g/mol. The largest absolute Gasteiger partial charge is 0.298 e. The normalized spacial score (nSPS) is 9.64. The van der Waals surface area contributed by atoms with Crippen molar-refractivity contribution >= 4 is 19.6 Å². The molecule has 11 heavy (non-hydrogen) atoms. The standard InChI is InChI=1S/C9H9BO/c1-6-3-8(5-11)4-7(2)9(6)10/h3-5H,1-2H3. The van der Waals surface area contributed by atoms with E-state index in [0.717, 1.165) is 22.9 Å². The Bertz CT molecular complexity index is 269. The summed E-state index contributed by atoms with van der Waals surface area (Å²) in [5.74, 6) is 0. The van der Waals surface area contributed by atoms with Crippen LogP contribution in [0.4, 0.5) is 0 Å². The molecule has 0 aliphatic heterocycles. The summed E-state index contributed by atoms with van der Waals surface area (Å²) in [5, 5.41) is 0. The van der Waals surface area contributed by atoms with Crippen LogP contribution in [0.15, 0.2) is 12.1 Å². The Morgan fingerprint density at radius 2 is 1.73 bits per heavy atom. The lowest BCUT2D eigenvalue weighted by Crippen LogP contribution is -2.11. The molecule has 0 spiro atoms. The average molecular weight is 144 g/mol. The van der Waals surface area contributed by atoms with Crippen molar-refractivity contribution in [1.29, 1.82) is 0 Å². The first kappa shape index (κ1) is 8.06. The molecule has 0 aliphatic rings. The fraction of sp³-hybridized carbons (Fsp3) is 0.222. The topological polar surface area (TPSA) is 17.1 Å². The third-order valence-electron chi connectivity index (χ3n) is 1.75. The van der Waals surface area contributed by atoms with Crippen LogP contribution in [0.3, 0.4) is 0 Å². The molecule has 0 bridgehead atoms. The maximum absolute atomic E-state index is 10.4. The van der Waals surface area contributed by atoms with Gasteiger partial charge in [0.25, 0.3) is 0 Å². The highest BCUT2D eigenvalue weighted by Crippen LogP contribution is 2.02. The maximum atomic E-state index is 10.4. The molecular formula is C9H9BO. The van der Waals surface area contributed by atoms with Gasteiger partial charge in [-0.3, -0.25) is 4.79 Å². The molecule has 0 aromatic heterocycles. The fourth-order valence-corrected chi connectivity index (χ4v) is 1.08. The average Bonchev–Trinajstić information content (AvgIpc) is 1.99. The van der Waals surface area contributed by atoms with Gasteiger partial charge in [-0.25, -0.2) is 0 Å². The fourth-order valence-electron chi connectivity index (χ4n) is 1.08. The van der Waals surface area contributed by atoms with Crippen LogP contribution in [0, 0.1) is 13.8 Å². The third kappa shape index (κ3) is 1.51. The van der Waals surface area contributed by atoms with E-state index in [4.69, 9.17) is 7.85 Å². The Hall–Kier alpha value is -1.05. The van der Waals surface area contributed by atoms with E-state index in [1.54, 1.807) is 12.1 Å². The van der Waals surface area contributed by atoms with Crippen LogP contribution in [-0.4, -0.2) is 14.1 Å². The molecule has 0 saturated carbocycles. The molecule has 0 fully saturated rings. The minimum atomic E-state index is 0.689. The zero-order chi connectivity index (χ0) is 8.43. The SMILES string of the molecule is [B]c1c(C)cc(C=O)cc1C. The highest BCUT2D eigenvalue weighted by Gasteiger charge is 1.98. The highest BCUT2D eigenvalue weighted by molar-refractivity contribution is 6.34. The molecule has 0 N–H and O–H groups in total. The van der Waals surface area contributed by atoms with E-state index >= 15 is 0 Å². The lowest BCUT2D eigenvalue weighted by atomic mass is 9.86. The van der Waals surface area contributed by atoms with Crippen LogP contribution in [0.25, 0.3) is 0 Å². The van der Waals surface area contributed by atoms with Crippen LogP contribution in [-0.2, 0) is 0 Å². The smallest absolute Gasteiger partial charge is 0.150 e. The first-order valence-electron chi connectivity index (χ1n) is 3.47. The van der Waals surface area contributed by atoms with E-state index in [1.165, 1.54) is 0 Å². The van der Waals surface area contributed by atoms with Crippen molar-refractivity contribution < 1.29 is 4.79 Å². The van der Waals surface area contributed by atoms with E-state index in [-0.39, 0.29) is 0 Å². The molecule has 1 rings (SSSR count). The quantitative estimate of drug-likeness (QED) is 0.422. The minimum Gasteiger partial charge on any atom is -0.298 e. The summed E-state index contributed by atoms with van der Waals surface area (Å²) in [5.41, 5.74) is 3.39. The molecule has 0 aliphatic carbocycles. The first-order chi connectivity index (χ1) is 5.15. The molecule has 54 valence electrons. The molecule has 0 saturated heterocycles.